The molecule has 0 atom stereocenters. The largest absolute Gasteiger partial charge is 0.384 e. The summed E-state index contributed by atoms with van der Waals surface area (Å²) < 4.78 is 3.18. The van der Waals surface area contributed by atoms with Gasteiger partial charge in [-0.15, -0.1) is 6.58 Å². The Balaban J connectivity index is 1.60. The number of benzene rings is 1. The van der Waals surface area contributed by atoms with Crippen LogP contribution in [0.4, 0.5) is 11.6 Å². The van der Waals surface area contributed by atoms with Crippen molar-refractivity contribution in [2.45, 2.75) is 51.8 Å². The van der Waals surface area contributed by atoms with Gasteiger partial charge in [-0.2, -0.15) is 4.98 Å². The molecule has 5 rings (SSSR count). The lowest BCUT2D eigenvalue weighted by Gasteiger charge is -2.38. The molecular weight excluding hydrogens is 466 g/mol. The molecule has 0 saturated carbocycles. The van der Waals surface area contributed by atoms with Gasteiger partial charge >= 0.3 is 0 Å². The number of fused-ring (bicyclic) bond motifs is 2. The first-order chi connectivity index (χ1) is 17.5. The molecule has 9 heteroatoms. The molecule has 0 bridgehead atoms. The van der Waals surface area contributed by atoms with E-state index >= 15 is 0 Å². The molecule has 4 aromatic rings. The van der Waals surface area contributed by atoms with Crippen LogP contribution in [0.5, 0.6) is 0 Å². The quantitative estimate of drug-likeness (QED) is 0.389. The molecule has 1 aliphatic rings. The Hall–Kier alpha value is -3.82. The zero-order valence-electron chi connectivity index (χ0n) is 22.0. The second kappa shape index (κ2) is 8.93. The van der Waals surface area contributed by atoms with Gasteiger partial charge in [-0.25, -0.2) is 19.3 Å². The highest BCUT2D eigenvalue weighted by molar-refractivity contribution is 5.77. The van der Waals surface area contributed by atoms with Gasteiger partial charge in [-0.05, 0) is 56.3 Å². The summed E-state index contributed by atoms with van der Waals surface area (Å²) in [6.07, 6.45) is 3.19. The Morgan fingerprint density at radius 3 is 2.73 bits per heavy atom. The molecule has 1 aliphatic heterocycles. The SMILES string of the molecule is C=CCn1c(=O)c2cnc(Nc3ccc4c(c3)CN(C)CC4(C)C)nc2n1-c1cccc(C(C)(C)O)n1. The highest BCUT2D eigenvalue weighted by Crippen LogP contribution is 2.34. The number of nitrogens with one attached hydrogen (secondary N) is 1. The topological polar surface area (TPSA) is 101 Å². The number of hydrogen-bond donors (Lipinski definition) is 2. The van der Waals surface area contributed by atoms with Crippen molar-refractivity contribution in [1.29, 1.82) is 0 Å². The fraction of sp³-hybridized carbons (Fsp3) is 0.357. The predicted molar refractivity (Wildman–Crippen MR) is 145 cm³/mol. The lowest BCUT2D eigenvalue weighted by Crippen LogP contribution is -2.39. The summed E-state index contributed by atoms with van der Waals surface area (Å²) in [5.74, 6) is 0.844. The van der Waals surface area contributed by atoms with Crippen LogP contribution in [-0.2, 0) is 24.1 Å². The zero-order chi connectivity index (χ0) is 26.5. The van der Waals surface area contributed by atoms with E-state index in [4.69, 9.17) is 4.98 Å². The molecule has 4 heterocycles. The van der Waals surface area contributed by atoms with Crippen molar-refractivity contribution in [2.75, 3.05) is 18.9 Å². The first-order valence-corrected chi connectivity index (χ1v) is 12.4. The van der Waals surface area contributed by atoms with E-state index in [1.165, 1.54) is 22.0 Å². The molecule has 1 aromatic carbocycles. The molecule has 192 valence electrons. The van der Waals surface area contributed by atoms with E-state index in [1.807, 2.05) is 6.07 Å². The highest BCUT2D eigenvalue weighted by atomic mass is 16.3. The molecule has 0 unspecified atom stereocenters. The number of aromatic nitrogens is 5. The van der Waals surface area contributed by atoms with E-state index < -0.39 is 5.60 Å². The number of nitrogens with zero attached hydrogens (tertiary/aromatic N) is 6. The van der Waals surface area contributed by atoms with Crippen LogP contribution in [0.2, 0.25) is 0 Å². The summed E-state index contributed by atoms with van der Waals surface area (Å²) in [6.45, 7) is 13.8. The van der Waals surface area contributed by atoms with Gasteiger partial charge in [0.15, 0.2) is 11.5 Å². The van der Waals surface area contributed by atoms with E-state index in [2.05, 4.69) is 59.8 Å². The monoisotopic (exact) mass is 499 g/mol. The third-order valence-corrected chi connectivity index (χ3v) is 6.75. The number of hydrogen-bond acceptors (Lipinski definition) is 7. The summed E-state index contributed by atoms with van der Waals surface area (Å²) in [4.78, 5) is 29.4. The van der Waals surface area contributed by atoms with Crippen LogP contribution in [0, 0.1) is 0 Å². The van der Waals surface area contributed by atoms with Crippen molar-refractivity contribution in [3.63, 3.8) is 0 Å². The van der Waals surface area contributed by atoms with Crippen LogP contribution in [-0.4, -0.2) is 47.9 Å². The lowest BCUT2D eigenvalue weighted by molar-refractivity contribution is 0.0738. The van der Waals surface area contributed by atoms with Crippen molar-refractivity contribution in [1.82, 2.24) is 29.2 Å². The second-order valence-corrected chi connectivity index (χ2v) is 10.9. The number of rotatable bonds is 6. The Kier molecular flexibility index (Phi) is 6.00. The van der Waals surface area contributed by atoms with E-state index in [-0.39, 0.29) is 17.5 Å². The van der Waals surface area contributed by atoms with Gasteiger partial charge in [0.05, 0.1) is 12.2 Å². The second-order valence-electron chi connectivity index (χ2n) is 10.9. The standard InChI is InChI=1S/C28H33N7O2/c1-7-13-34-25(36)20-15-29-26(30-19-11-12-21-18(14-19)16-33(6)17-27(21,2)3)32-24(20)35(34)23-10-8-9-22(31-23)28(4,5)37/h7-12,14-15,37H,1,13,16-17H2,2-6H3,(H,29,30,32). The molecule has 0 saturated heterocycles. The minimum absolute atomic E-state index is 0.0745. The van der Waals surface area contributed by atoms with Crippen LogP contribution in [0.3, 0.4) is 0 Å². The molecule has 2 N–H and O–H groups in total. The van der Waals surface area contributed by atoms with Gasteiger partial charge in [-0.3, -0.25) is 4.79 Å². The predicted octanol–water partition coefficient (Wildman–Crippen LogP) is 3.86. The van der Waals surface area contributed by atoms with Gasteiger partial charge in [-0.1, -0.05) is 32.1 Å². The summed E-state index contributed by atoms with van der Waals surface area (Å²) >= 11 is 0. The van der Waals surface area contributed by atoms with E-state index in [9.17, 15) is 9.90 Å². The fourth-order valence-electron chi connectivity index (χ4n) is 5.19. The van der Waals surface area contributed by atoms with Crippen molar-refractivity contribution in [3.8, 4) is 5.82 Å². The molecule has 9 nitrogen and oxygen atoms in total. The van der Waals surface area contributed by atoms with Crippen molar-refractivity contribution in [2.24, 2.45) is 0 Å². The van der Waals surface area contributed by atoms with Crippen molar-refractivity contribution >= 4 is 22.7 Å². The first kappa shape index (κ1) is 24.9. The Morgan fingerprint density at radius 2 is 2.00 bits per heavy atom. The maximum absolute atomic E-state index is 13.2. The summed E-state index contributed by atoms with van der Waals surface area (Å²) in [5, 5.41) is 14.2. The minimum Gasteiger partial charge on any atom is -0.384 e. The number of pyridine rings is 1. The number of anilines is 2. The van der Waals surface area contributed by atoms with Gasteiger partial charge < -0.3 is 15.3 Å². The van der Waals surface area contributed by atoms with Crippen LogP contribution >= 0.6 is 0 Å². The van der Waals surface area contributed by atoms with Crippen LogP contribution in [0.15, 0.2) is 60.0 Å². The molecule has 0 fully saturated rings. The summed E-state index contributed by atoms with van der Waals surface area (Å²) in [5.41, 5.74) is 3.10. The maximum Gasteiger partial charge on any atom is 0.278 e. The van der Waals surface area contributed by atoms with E-state index in [0.29, 0.717) is 28.5 Å². The van der Waals surface area contributed by atoms with Crippen molar-refractivity contribution < 1.29 is 5.11 Å². The van der Waals surface area contributed by atoms with Gasteiger partial charge in [0.1, 0.15) is 11.0 Å². The van der Waals surface area contributed by atoms with E-state index in [1.54, 1.807) is 42.8 Å². The minimum atomic E-state index is -1.14. The molecule has 0 spiro atoms. The molecule has 0 radical (unpaired) electrons. The molecule has 0 aliphatic carbocycles. The Labute approximate surface area is 216 Å². The average Bonchev–Trinajstić information content (AvgIpc) is 3.09. The normalized spacial score (nSPS) is 15.5. The van der Waals surface area contributed by atoms with Gasteiger partial charge in [0, 0.05) is 30.4 Å². The third kappa shape index (κ3) is 4.56. The summed E-state index contributed by atoms with van der Waals surface area (Å²) in [6, 6.07) is 11.7. The van der Waals surface area contributed by atoms with Gasteiger partial charge in [0.25, 0.3) is 5.56 Å². The Bertz CT molecular complexity index is 1560. The molecule has 3 aromatic heterocycles. The third-order valence-electron chi connectivity index (χ3n) is 6.75. The maximum atomic E-state index is 13.2. The number of aliphatic hydroxyl groups is 1. The van der Waals surface area contributed by atoms with Crippen molar-refractivity contribution in [3.05, 3.63) is 82.4 Å². The fourth-order valence-corrected chi connectivity index (χ4v) is 5.19. The van der Waals surface area contributed by atoms with Crippen LogP contribution < -0.4 is 10.9 Å². The zero-order valence-corrected chi connectivity index (χ0v) is 22.0. The van der Waals surface area contributed by atoms with E-state index in [0.717, 1.165) is 18.8 Å². The number of allylic oxidation sites excluding steroid dienone is 1. The number of likely N-dealkylation sites (N-methyl/N-ethyl adjacent to an activating group) is 1. The molecular formula is C28H33N7O2. The molecule has 0 amide bonds. The van der Waals surface area contributed by atoms with Crippen LogP contribution in [0.25, 0.3) is 16.9 Å². The van der Waals surface area contributed by atoms with Gasteiger partial charge in [0.2, 0.25) is 5.95 Å². The smallest absolute Gasteiger partial charge is 0.278 e. The Morgan fingerprint density at radius 1 is 1.22 bits per heavy atom. The van der Waals surface area contributed by atoms with Crippen LogP contribution in [0.1, 0.15) is 44.5 Å². The average molecular weight is 500 g/mol. The molecule has 37 heavy (non-hydrogen) atoms. The lowest BCUT2D eigenvalue weighted by atomic mass is 9.78. The highest BCUT2D eigenvalue weighted by Gasteiger charge is 2.30. The summed E-state index contributed by atoms with van der Waals surface area (Å²) in [7, 11) is 2.13. The first-order valence-electron chi connectivity index (χ1n) is 12.4.